The molecule has 0 fully saturated rings. The molecular formula is C13H12N4O2S. The summed E-state index contributed by atoms with van der Waals surface area (Å²) in [7, 11) is -3.59. The first-order valence-electron chi connectivity index (χ1n) is 5.96. The molecule has 0 saturated heterocycles. The molecule has 2 heterocycles. The number of H-pyrrole nitrogens is 1. The molecular weight excluding hydrogens is 276 g/mol. The first kappa shape index (κ1) is 12.8. The highest BCUT2D eigenvalue weighted by Crippen LogP contribution is 2.21. The summed E-state index contributed by atoms with van der Waals surface area (Å²) in [5.41, 5.74) is 0.704. The van der Waals surface area contributed by atoms with Crippen molar-refractivity contribution < 1.29 is 8.42 Å². The van der Waals surface area contributed by atoms with E-state index in [1.807, 2.05) is 6.07 Å². The molecule has 3 rings (SSSR count). The van der Waals surface area contributed by atoms with Gasteiger partial charge in [0.1, 0.15) is 0 Å². The molecule has 7 heteroatoms. The van der Waals surface area contributed by atoms with Gasteiger partial charge in [-0.3, -0.25) is 4.98 Å². The number of sulfonamides is 1. The summed E-state index contributed by atoms with van der Waals surface area (Å²) in [5.74, 6) is 0. The maximum atomic E-state index is 12.4. The summed E-state index contributed by atoms with van der Waals surface area (Å²) in [6, 6.07) is 6.81. The average molecular weight is 288 g/mol. The molecule has 102 valence electrons. The van der Waals surface area contributed by atoms with Crippen LogP contribution in [0, 0.1) is 0 Å². The molecule has 0 aliphatic carbocycles. The highest BCUT2D eigenvalue weighted by Gasteiger charge is 2.16. The highest BCUT2D eigenvalue weighted by atomic mass is 32.2. The number of nitrogens with one attached hydrogen (secondary N) is 2. The lowest BCUT2D eigenvalue weighted by molar-refractivity contribution is 0.581. The van der Waals surface area contributed by atoms with Gasteiger partial charge >= 0.3 is 0 Å². The second-order valence-electron chi connectivity index (χ2n) is 4.25. The van der Waals surface area contributed by atoms with Gasteiger partial charge in [0.05, 0.1) is 17.8 Å². The van der Waals surface area contributed by atoms with Crippen LogP contribution in [0.1, 0.15) is 5.69 Å². The van der Waals surface area contributed by atoms with Gasteiger partial charge < -0.3 is 4.98 Å². The number of aromatic amines is 1. The summed E-state index contributed by atoms with van der Waals surface area (Å²) < 4.78 is 27.3. The Hall–Kier alpha value is -2.25. The number of rotatable bonds is 4. The van der Waals surface area contributed by atoms with Crippen LogP contribution < -0.4 is 4.72 Å². The Kier molecular flexibility index (Phi) is 3.21. The Bertz CT molecular complexity index is 823. The fraction of sp³-hybridized carbons (Fsp3) is 0.0769. The van der Waals surface area contributed by atoms with Gasteiger partial charge in [0, 0.05) is 35.1 Å². The number of pyridine rings is 1. The van der Waals surface area contributed by atoms with Gasteiger partial charge in [-0.25, -0.2) is 18.1 Å². The largest absolute Gasteiger partial charge is 0.347 e. The van der Waals surface area contributed by atoms with Crippen LogP contribution in [0.15, 0.2) is 54.1 Å². The molecule has 20 heavy (non-hydrogen) atoms. The van der Waals surface area contributed by atoms with Gasteiger partial charge in [-0.05, 0) is 12.1 Å². The van der Waals surface area contributed by atoms with E-state index in [0.29, 0.717) is 11.1 Å². The van der Waals surface area contributed by atoms with Crippen molar-refractivity contribution in [2.45, 2.75) is 11.4 Å². The lowest BCUT2D eigenvalue weighted by atomic mass is 10.2. The van der Waals surface area contributed by atoms with E-state index < -0.39 is 10.0 Å². The average Bonchev–Trinajstić information content (AvgIpc) is 2.98. The molecule has 0 amide bonds. The normalized spacial score (nSPS) is 11.8. The van der Waals surface area contributed by atoms with Crippen LogP contribution in [-0.2, 0) is 16.6 Å². The molecule has 1 aromatic carbocycles. The molecule has 6 nitrogen and oxygen atoms in total. The van der Waals surface area contributed by atoms with E-state index >= 15 is 0 Å². The predicted molar refractivity (Wildman–Crippen MR) is 74.4 cm³/mol. The Labute approximate surface area is 115 Å². The Morgan fingerprint density at radius 2 is 2.05 bits per heavy atom. The van der Waals surface area contributed by atoms with Crippen LogP contribution in [0.4, 0.5) is 0 Å². The second-order valence-corrected chi connectivity index (χ2v) is 5.99. The van der Waals surface area contributed by atoms with Crippen molar-refractivity contribution in [1.29, 1.82) is 0 Å². The first-order chi connectivity index (χ1) is 9.67. The molecule has 0 atom stereocenters. The zero-order valence-corrected chi connectivity index (χ0v) is 11.3. The van der Waals surface area contributed by atoms with Gasteiger partial charge in [-0.15, -0.1) is 0 Å². The Balaban J connectivity index is 1.97. The number of nitrogens with zero attached hydrogens (tertiary/aromatic N) is 2. The fourth-order valence-corrected chi connectivity index (χ4v) is 3.19. The molecule has 0 bridgehead atoms. The van der Waals surface area contributed by atoms with E-state index in [-0.39, 0.29) is 11.4 Å². The van der Waals surface area contributed by atoms with E-state index in [0.717, 1.165) is 5.39 Å². The summed E-state index contributed by atoms with van der Waals surface area (Å²) in [6.45, 7) is 0.170. The maximum Gasteiger partial charge on any atom is 0.241 e. The van der Waals surface area contributed by atoms with E-state index in [4.69, 9.17) is 0 Å². The topological polar surface area (TPSA) is 87.7 Å². The third-order valence-corrected chi connectivity index (χ3v) is 4.40. The van der Waals surface area contributed by atoms with Crippen molar-refractivity contribution in [3.63, 3.8) is 0 Å². The number of hydrogen-bond donors (Lipinski definition) is 2. The Morgan fingerprint density at radius 1 is 1.15 bits per heavy atom. The number of aromatic nitrogens is 3. The third-order valence-electron chi connectivity index (χ3n) is 2.94. The van der Waals surface area contributed by atoms with Gasteiger partial charge in [0.2, 0.25) is 10.0 Å². The minimum atomic E-state index is -3.59. The second kappa shape index (κ2) is 5.03. The van der Waals surface area contributed by atoms with Crippen LogP contribution in [-0.4, -0.2) is 23.4 Å². The first-order valence-corrected chi connectivity index (χ1v) is 7.45. The minimum absolute atomic E-state index is 0.170. The van der Waals surface area contributed by atoms with Crippen molar-refractivity contribution in [3.05, 3.63) is 54.9 Å². The molecule has 0 spiro atoms. The number of hydrogen-bond acceptors (Lipinski definition) is 4. The molecule has 0 saturated carbocycles. The van der Waals surface area contributed by atoms with Gasteiger partial charge in [0.15, 0.2) is 0 Å². The van der Waals surface area contributed by atoms with Gasteiger partial charge in [-0.2, -0.15) is 0 Å². The number of fused-ring (bicyclic) bond motifs is 1. The predicted octanol–water partition coefficient (Wildman–Crippen LogP) is 1.44. The fourth-order valence-electron chi connectivity index (χ4n) is 1.96. The monoisotopic (exact) mass is 288 g/mol. The van der Waals surface area contributed by atoms with Crippen LogP contribution in [0.25, 0.3) is 10.8 Å². The summed E-state index contributed by atoms with van der Waals surface area (Å²) >= 11 is 0. The zero-order chi connectivity index (χ0) is 14.0. The van der Waals surface area contributed by atoms with Crippen molar-refractivity contribution >= 4 is 20.8 Å². The lowest BCUT2D eigenvalue weighted by Crippen LogP contribution is -2.23. The Morgan fingerprint density at radius 3 is 2.85 bits per heavy atom. The summed E-state index contributed by atoms with van der Waals surface area (Å²) in [5, 5.41) is 1.44. The van der Waals surface area contributed by atoms with Crippen LogP contribution in [0.2, 0.25) is 0 Å². The molecule has 2 N–H and O–H groups in total. The standard InChI is InChI=1S/C13H12N4O2S/c18-20(19,17-8-11-7-15-9-16-11)13-3-1-2-10-6-14-5-4-12(10)13/h1-7,9,17H,8H2,(H,15,16). The van der Waals surface area contributed by atoms with E-state index in [9.17, 15) is 8.42 Å². The molecule has 0 aliphatic heterocycles. The van der Waals surface area contributed by atoms with Crippen molar-refractivity contribution in [3.8, 4) is 0 Å². The smallest absolute Gasteiger partial charge is 0.241 e. The third kappa shape index (κ3) is 2.40. The number of benzene rings is 1. The van der Waals surface area contributed by atoms with E-state index in [1.165, 1.54) is 6.33 Å². The lowest BCUT2D eigenvalue weighted by Gasteiger charge is -2.08. The van der Waals surface area contributed by atoms with Crippen molar-refractivity contribution in [1.82, 2.24) is 19.7 Å². The highest BCUT2D eigenvalue weighted by molar-refractivity contribution is 7.89. The van der Waals surface area contributed by atoms with Gasteiger partial charge in [-0.1, -0.05) is 12.1 Å². The molecule has 0 unspecified atom stereocenters. The number of imidazole rings is 1. The van der Waals surface area contributed by atoms with Crippen LogP contribution in [0.5, 0.6) is 0 Å². The van der Waals surface area contributed by atoms with E-state index in [1.54, 1.807) is 36.8 Å². The quantitative estimate of drug-likeness (QED) is 0.760. The van der Waals surface area contributed by atoms with Crippen LogP contribution >= 0.6 is 0 Å². The van der Waals surface area contributed by atoms with E-state index in [2.05, 4.69) is 19.7 Å². The summed E-state index contributed by atoms with van der Waals surface area (Å²) in [6.07, 6.45) is 6.31. The molecule has 0 aliphatic rings. The molecule has 2 aromatic heterocycles. The SMILES string of the molecule is O=S(=O)(NCc1cnc[nH]1)c1cccc2cnccc12. The molecule has 3 aromatic rings. The zero-order valence-electron chi connectivity index (χ0n) is 10.4. The summed E-state index contributed by atoms with van der Waals surface area (Å²) in [4.78, 5) is 10.9. The minimum Gasteiger partial charge on any atom is -0.347 e. The van der Waals surface area contributed by atoms with Crippen LogP contribution in [0.3, 0.4) is 0 Å². The molecule has 0 radical (unpaired) electrons. The van der Waals surface area contributed by atoms with Crippen molar-refractivity contribution in [2.24, 2.45) is 0 Å². The maximum absolute atomic E-state index is 12.4. The van der Waals surface area contributed by atoms with Crippen molar-refractivity contribution in [2.75, 3.05) is 0 Å². The van der Waals surface area contributed by atoms with Gasteiger partial charge in [0.25, 0.3) is 0 Å².